The number of alkyl halides is 3. The van der Waals surface area contributed by atoms with Crippen molar-refractivity contribution in [1.29, 1.82) is 0 Å². The van der Waals surface area contributed by atoms with E-state index < -0.39 is 17.6 Å². The maximum Gasteiger partial charge on any atom is 0.418 e. The predicted molar refractivity (Wildman–Crippen MR) is 125 cm³/mol. The number of carbonyl (C=O) groups excluding carboxylic acids is 1. The minimum absolute atomic E-state index is 0.137. The zero-order chi connectivity index (χ0) is 25.0. The lowest BCUT2D eigenvalue weighted by Gasteiger charge is -2.15. The number of hydrogen-bond acceptors (Lipinski definition) is 5. The molecule has 10 heteroatoms. The van der Waals surface area contributed by atoms with Gasteiger partial charge in [0.1, 0.15) is 5.69 Å². The molecule has 0 aliphatic rings. The summed E-state index contributed by atoms with van der Waals surface area (Å²) < 4.78 is 52.1. The summed E-state index contributed by atoms with van der Waals surface area (Å²) >= 11 is 0. The van der Waals surface area contributed by atoms with Crippen LogP contribution in [0, 0.1) is 0 Å². The van der Waals surface area contributed by atoms with Gasteiger partial charge in [-0.3, -0.25) is 15.6 Å². The van der Waals surface area contributed by atoms with Crippen LogP contribution in [0.2, 0.25) is 0 Å². The van der Waals surface area contributed by atoms with Gasteiger partial charge in [0.15, 0.2) is 11.5 Å². The molecule has 1 heterocycles. The molecule has 1 aromatic heterocycles. The Morgan fingerprint density at radius 3 is 2.29 bits per heavy atom. The number of nitrogens with zero attached hydrogens (tertiary/aromatic N) is 2. The number of carbonyl (C=O) groups is 1. The minimum Gasteiger partial charge on any atom is -0.493 e. The van der Waals surface area contributed by atoms with Crippen LogP contribution in [0.3, 0.4) is 0 Å². The van der Waals surface area contributed by atoms with E-state index in [9.17, 15) is 18.0 Å². The molecule has 0 aliphatic heterocycles. The molecule has 0 spiro atoms. The van der Waals surface area contributed by atoms with Gasteiger partial charge < -0.3 is 9.47 Å². The lowest BCUT2D eigenvalue weighted by atomic mass is 10.1. The number of nitrogens with one attached hydrogen (secondary N) is 2. The van der Waals surface area contributed by atoms with E-state index in [-0.39, 0.29) is 11.3 Å². The molecule has 0 saturated carbocycles. The number of hydrazine groups is 1. The van der Waals surface area contributed by atoms with E-state index in [2.05, 4.69) is 16.0 Å². The number of hydrogen-bond donors (Lipinski definition) is 2. The van der Waals surface area contributed by atoms with Gasteiger partial charge in [-0.1, -0.05) is 30.3 Å². The fourth-order valence-corrected chi connectivity index (χ4v) is 3.48. The van der Waals surface area contributed by atoms with Crippen molar-refractivity contribution in [1.82, 2.24) is 15.2 Å². The van der Waals surface area contributed by atoms with Gasteiger partial charge in [0, 0.05) is 11.8 Å². The quantitative estimate of drug-likeness (QED) is 0.348. The number of methoxy groups -OCH3 is 2. The maximum atomic E-state index is 13.3. The lowest BCUT2D eigenvalue weighted by molar-refractivity contribution is -0.137. The summed E-state index contributed by atoms with van der Waals surface area (Å²) in [7, 11) is 2.99. The summed E-state index contributed by atoms with van der Waals surface area (Å²) in [5.41, 5.74) is 5.25. The summed E-state index contributed by atoms with van der Waals surface area (Å²) in [5.74, 6) is 0.256. The average molecular weight is 482 g/mol. The first-order chi connectivity index (χ1) is 16.8. The Hall–Kier alpha value is -4.47. The zero-order valence-electron chi connectivity index (χ0n) is 18.8. The van der Waals surface area contributed by atoms with Gasteiger partial charge in [-0.05, 0) is 42.5 Å². The Morgan fingerprint density at radius 2 is 1.60 bits per heavy atom. The highest BCUT2D eigenvalue weighted by Crippen LogP contribution is 2.35. The van der Waals surface area contributed by atoms with Crippen LogP contribution in [0.5, 0.6) is 11.5 Å². The molecule has 0 atom stereocenters. The molecule has 0 saturated heterocycles. The van der Waals surface area contributed by atoms with Gasteiger partial charge in [-0.25, -0.2) is 4.68 Å². The van der Waals surface area contributed by atoms with Gasteiger partial charge >= 0.3 is 6.18 Å². The third kappa shape index (κ3) is 5.06. The second-order valence-corrected chi connectivity index (χ2v) is 7.36. The van der Waals surface area contributed by atoms with E-state index >= 15 is 0 Å². The number of amides is 1. The van der Waals surface area contributed by atoms with E-state index in [0.29, 0.717) is 28.4 Å². The Labute approximate surface area is 199 Å². The van der Waals surface area contributed by atoms with Crippen molar-refractivity contribution in [3.05, 3.63) is 90.1 Å². The van der Waals surface area contributed by atoms with E-state index in [1.807, 2.05) is 30.3 Å². The number of benzene rings is 3. The van der Waals surface area contributed by atoms with Gasteiger partial charge in [-0.15, -0.1) is 0 Å². The molecule has 0 aliphatic carbocycles. The third-order valence-corrected chi connectivity index (χ3v) is 5.18. The number of aromatic nitrogens is 2. The van der Waals surface area contributed by atoms with Gasteiger partial charge in [0.05, 0.1) is 36.7 Å². The standard InChI is InChI=1S/C25H21F3N4O3/c1-34-21-13-12-16(14-22(21)35-2)23-18(15-32(31-23)17-8-4-3-5-9-17)24(33)30-29-20-11-7-6-10-19(20)25(26,27)28/h3-15,29H,1-2H3,(H,30,33). The highest BCUT2D eigenvalue weighted by Gasteiger charge is 2.33. The number of anilines is 1. The molecule has 1 amide bonds. The molecule has 2 N–H and O–H groups in total. The third-order valence-electron chi connectivity index (χ3n) is 5.18. The Balaban J connectivity index is 1.71. The number of halogens is 3. The first kappa shape index (κ1) is 23.7. The topological polar surface area (TPSA) is 77.4 Å². The summed E-state index contributed by atoms with van der Waals surface area (Å²) in [5, 5.41) is 4.57. The molecule has 3 aromatic carbocycles. The monoisotopic (exact) mass is 482 g/mol. The van der Waals surface area contributed by atoms with Gasteiger partial charge in [0.25, 0.3) is 5.91 Å². The number of ether oxygens (including phenoxy) is 2. The van der Waals surface area contributed by atoms with Crippen molar-refractivity contribution in [2.75, 3.05) is 19.6 Å². The van der Waals surface area contributed by atoms with Crippen molar-refractivity contribution in [2.45, 2.75) is 6.18 Å². The fraction of sp³-hybridized carbons (Fsp3) is 0.120. The van der Waals surface area contributed by atoms with Crippen molar-refractivity contribution < 1.29 is 27.4 Å². The van der Waals surface area contributed by atoms with Crippen LogP contribution in [0.4, 0.5) is 18.9 Å². The number of rotatable bonds is 7. The second-order valence-electron chi connectivity index (χ2n) is 7.36. The predicted octanol–water partition coefficient (Wildman–Crippen LogP) is 5.33. The van der Waals surface area contributed by atoms with Crippen LogP contribution in [0.15, 0.2) is 79.0 Å². The zero-order valence-corrected chi connectivity index (χ0v) is 18.8. The SMILES string of the molecule is COc1ccc(-c2nn(-c3ccccc3)cc2C(=O)NNc2ccccc2C(F)(F)F)cc1OC. The summed E-state index contributed by atoms with van der Waals surface area (Å²) in [6, 6.07) is 19.0. The van der Waals surface area contributed by atoms with E-state index in [1.165, 1.54) is 43.3 Å². The van der Waals surface area contributed by atoms with Crippen LogP contribution in [0.1, 0.15) is 15.9 Å². The maximum absolute atomic E-state index is 13.3. The van der Waals surface area contributed by atoms with E-state index in [1.54, 1.807) is 18.2 Å². The molecular weight excluding hydrogens is 461 g/mol. The summed E-state index contributed by atoms with van der Waals surface area (Å²) in [4.78, 5) is 13.1. The Morgan fingerprint density at radius 1 is 0.914 bits per heavy atom. The Kier molecular flexibility index (Phi) is 6.63. The molecule has 0 radical (unpaired) electrons. The molecule has 0 fully saturated rings. The second kappa shape index (κ2) is 9.80. The average Bonchev–Trinajstić information content (AvgIpc) is 3.32. The molecule has 35 heavy (non-hydrogen) atoms. The van der Waals surface area contributed by atoms with Crippen LogP contribution in [-0.2, 0) is 6.18 Å². The van der Waals surface area contributed by atoms with Crippen LogP contribution in [-0.4, -0.2) is 29.9 Å². The van der Waals surface area contributed by atoms with Crippen LogP contribution < -0.4 is 20.3 Å². The molecule has 7 nitrogen and oxygen atoms in total. The molecule has 0 bridgehead atoms. The fourth-order valence-electron chi connectivity index (χ4n) is 3.48. The molecular formula is C25H21F3N4O3. The van der Waals surface area contributed by atoms with Gasteiger partial charge in [-0.2, -0.15) is 18.3 Å². The van der Waals surface area contributed by atoms with Crippen molar-refractivity contribution in [2.24, 2.45) is 0 Å². The van der Waals surface area contributed by atoms with Gasteiger partial charge in [0.2, 0.25) is 0 Å². The minimum atomic E-state index is -4.59. The summed E-state index contributed by atoms with van der Waals surface area (Å²) in [6.45, 7) is 0. The van der Waals surface area contributed by atoms with Crippen molar-refractivity contribution in [3.8, 4) is 28.4 Å². The normalized spacial score (nSPS) is 11.1. The van der Waals surface area contributed by atoms with Crippen LogP contribution in [0.25, 0.3) is 16.9 Å². The van der Waals surface area contributed by atoms with Crippen molar-refractivity contribution in [3.63, 3.8) is 0 Å². The lowest BCUT2D eigenvalue weighted by Crippen LogP contribution is -2.30. The first-order valence-electron chi connectivity index (χ1n) is 10.4. The molecule has 180 valence electrons. The largest absolute Gasteiger partial charge is 0.493 e. The first-order valence-corrected chi connectivity index (χ1v) is 10.4. The van der Waals surface area contributed by atoms with Crippen LogP contribution >= 0.6 is 0 Å². The molecule has 4 rings (SSSR count). The smallest absolute Gasteiger partial charge is 0.418 e. The Bertz CT molecular complexity index is 1340. The summed E-state index contributed by atoms with van der Waals surface area (Å²) in [6.07, 6.45) is -3.08. The van der Waals surface area contributed by atoms with E-state index in [4.69, 9.17) is 9.47 Å². The molecule has 4 aromatic rings. The molecule has 0 unspecified atom stereocenters. The highest BCUT2D eigenvalue weighted by molar-refractivity contribution is 6.00. The number of para-hydroxylation sites is 2. The van der Waals surface area contributed by atoms with E-state index in [0.717, 1.165) is 6.07 Å². The van der Waals surface area contributed by atoms with Crippen molar-refractivity contribution >= 4 is 11.6 Å². The highest BCUT2D eigenvalue weighted by atomic mass is 19.4.